The SMILES string of the molecule is [B]/C(C=N)=C/NC(N)=O. The Hall–Kier alpha value is -1.26. The lowest BCUT2D eigenvalue weighted by molar-refractivity contribution is 0.252. The van der Waals surface area contributed by atoms with E-state index in [0.717, 1.165) is 12.4 Å². The lowest BCUT2D eigenvalue weighted by atomic mass is 9.99. The van der Waals surface area contributed by atoms with Crippen molar-refractivity contribution in [2.24, 2.45) is 5.73 Å². The number of carbonyl (C=O) groups excluding carboxylic acids is 1. The zero-order valence-corrected chi connectivity index (χ0v) is 4.72. The van der Waals surface area contributed by atoms with Crippen LogP contribution in [0.1, 0.15) is 0 Å². The predicted molar refractivity (Wildman–Crippen MR) is 35.3 cm³/mol. The molecule has 0 aliphatic carbocycles. The van der Waals surface area contributed by atoms with Crippen LogP contribution in [0.3, 0.4) is 0 Å². The van der Waals surface area contributed by atoms with Gasteiger partial charge in [0.2, 0.25) is 0 Å². The molecule has 0 rings (SSSR count). The second kappa shape index (κ2) is 3.71. The van der Waals surface area contributed by atoms with Crippen LogP contribution >= 0.6 is 0 Å². The first kappa shape index (κ1) is 7.74. The van der Waals surface area contributed by atoms with E-state index in [2.05, 4.69) is 11.1 Å². The third kappa shape index (κ3) is 4.60. The Morgan fingerprint density at radius 1 is 1.78 bits per heavy atom. The molecule has 2 radical (unpaired) electrons. The second-order valence-electron chi connectivity index (χ2n) is 1.30. The van der Waals surface area contributed by atoms with Gasteiger partial charge in [-0.05, 0) is 6.20 Å². The summed E-state index contributed by atoms with van der Waals surface area (Å²) < 4.78 is 0. The van der Waals surface area contributed by atoms with Gasteiger partial charge in [-0.25, -0.2) is 4.79 Å². The highest BCUT2D eigenvalue weighted by atomic mass is 16.2. The van der Waals surface area contributed by atoms with Crippen LogP contribution < -0.4 is 11.1 Å². The fourth-order valence-electron chi connectivity index (χ4n) is 0.196. The van der Waals surface area contributed by atoms with E-state index in [-0.39, 0.29) is 5.47 Å². The van der Waals surface area contributed by atoms with Crippen LogP contribution in [-0.2, 0) is 0 Å². The van der Waals surface area contributed by atoms with Crippen LogP contribution in [0, 0.1) is 5.41 Å². The average molecular weight is 123 g/mol. The number of nitrogens with one attached hydrogen (secondary N) is 2. The van der Waals surface area contributed by atoms with E-state index in [9.17, 15) is 4.79 Å². The van der Waals surface area contributed by atoms with Crippen LogP contribution in [0.15, 0.2) is 11.7 Å². The van der Waals surface area contributed by atoms with Crippen LogP contribution in [-0.4, -0.2) is 20.1 Å². The van der Waals surface area contributed by atoms with E-state index in [4.69, 9.17) is 13.3 Å². The smallest absolute Gasteiger partial charge is 0.316 e. The molecule has 46 valence electrons. The summed E-state index contributed by atoms with van der Waals surface area (Å²) in [7, 11) is 5.07. The number of amides is 2. The molecule has 0 saturated carbocycles. The van der Waals surface area contributed by atoms with Crippen molar-refractivity contribution in [3.8, 4) is 0 Å². The topological polar surface area (TPSA) is 79.0 Å². The van der Waals surface area contributed by atoms with Gasteiger partial charge in [-0.1, -0.05) is 5.47 Å². The molecule has 9 heavy (non-hydrogen) atoms. The van der Waals surface area contributed by atoms with Gasteiger partial charge in [-0.3, -0.25) is 0 Å². The highest BCUT2D eigenvalue weighted by molar-refractivity contribution is 6.32. The number of nitrogens with two attached hydrogens (primary N) is 1. The summed E-state index contributed by atoms with van der Waals surface area (Å²) >= 11 is 0. The minimum atomic E-state index is -0.695. The van der Waals surface area contributed by atoms with Gasteiger partial charge >= 0.3 is 6.03 Å². The van der Waals surface area contributed by atoms with Gasteiger partial charge in [0.15, 0.2) is 0 Å². The summed E-state index contributed by atoms with van der Waals surface area (Å²) in [5.41, 5.74) is 4.82. The molecule has 0 aliphatic heterocycles. The lowest BCUT2D eigenvalue weighted by Gasteiger charge is -1.91. The molecule has 0 spiro atoms. The number of urea groups is 1. The first-order valence-electron chi connectivity index (χ1n) is 2.19. The predicted octanol–water partition coefficient (Wildman–Crippen LogP) is -0.686. The molecule has 4 nitrogen and oxygen atoms in total. The summed E-state index contributed by atoms with van der Waals surface area (Å²) in [6.07, 6.45) is 2.05. The van der Waals surface area contributed by atoms with Gasteiger partial charge in [-0.2, -0.15) is 0 Å². The zero-order valence-electron chi connectivity index (χ0n) is 4.72. The van der Waals surface area contributed by atoms with E-state index in [1.165, 1.54) is 0 Å². The Balaban J connectivity index is 3.69. The van der Waals surface area contributed by atoms with Crippen molar-refractivity contribution in [2.75, 3.05) is 0 Å². The second-order valence-corrected chi connectivity index (χ2v) is 1.30. The van der Waals surface area contributed by atoms with Gasteiger partial charge in [0.25, 0.3) is 0 Å². The molecule has 0 fully saturated rings. The molecule has 0 aromatic rings. The van der Waals surface area contributed by atoms with E-state index in [0.29, 0.717) is 0 Å². The van der Waals surface area contributed by atoms with Gasteiger partial charge in [-0.15, -0.1) is 0 Å². The summed E-state index contributed by atoms with van der Waals surface area (Å²) in [5, 5.41) is 8.64. The van der Waals surface area contributed by atoms with Crippen molar-refractivity contribution in [1.29, 1.82) is 5.41 Å². The fraction of sp³-hybridized carbons (Fsp3) is 0. The Bertz CT molecular complexity index is 154. The van der Waals surface area contributed by atoms with Gasteiger partial charge in [0.05, 0.1) is 0 Å². The molecule has 0 saturated heterocycles. The molecule has 0 aromatic carbocycles. The Kier molecular flexibility index (Phi) is 3.19. The molecule has 0 aromatic heterocycles. The van der Waals surface area contributed by atoms with Crippen LogP contribution in [0.4, 0.5) is 4.79 Å². The zero-order chi connectivity index (χ0) is 7.28. The van der Waals surface area contributed by atoms with Crippen molar-refractivity contribution < 1.29 is 4.79 Å². The summed E-state index contributed by atoms with van der Waals surface area (Å²) in [6, 6.07) is -0.695. The quantitative estimate of drug-likeness (QED) is 0.330. The molecule has 4 N–H and O–H groups in total. The fourth-order valence-corrected chi connectivity index (χ4v) is 0.196. The minimum Gasteiger partial charge on any atom is -0.351 e. The maximum absolute atomic E-state index is 9.96. The first-order chi connectivity index (χ1) is 4.16. The molecule has 5 heteroatoms. The number of primary amides is 1. The third-order valence-corrected chi connectivity index (χ3v) is 0.548. The van der Waals surface area contributed by atoms with Crippen LogP contribution in [0.2, 0.25) is 0 Å². The molecule has 2 amide bonds. The monoisotopic (exact) mass is 123 g/mol. The Morgan fingerprint density at radius 3 is 2.67 bits per heavy atom. The number of allylic oxidation sites excluding steroid dienone is 1. The normalized spacial score (nSPS) is 10.4. The van der Waals surface area contributed by atoms with E-state index >= 15 is 0 Å². The Morgan fingerprint density at radius 2 is 2.33 bits per heavy atom. The standard InChI is InChI=1S/C4H6BN3O/c5-3(1-6)2-8-4(7)9/h1-2,6H,(H3,7,8,9)/b3-2+,6-1?. The van der Waals surface area contributed by atoms with E-state index in [1.807, 2.05) is 0 Å². The Labute approximate surface area is 54.0 Å². The van der Waals surface area contributed by atoms with Gasteiger partial charge < -0.3 is 16.5 Å². The lowest BCUT2D eigenvalue weighted by Crippen LogP contribution is -2.24. The molecule has 0 aliphatic rings. The molecular weight excluding hydrogens is 117 g/mol. The average Bonchev–Trinajstić information content (AvgIpc) is 1.83. The van der Waals surface area contributed by atoms with E-state index < -0.39 is 6.03 Å². The molecular formula is C4H6BN3O. The molecule has 0 bridgehead atoms. The first-order valence-corrected chi connectivity index (χ1v) is 2.19. The van der Waals surface area contributed by atoms with Crippen molar-refractivity contribution in [2.45, 2.75) is 0 Å². The van der Waals surface area contributed by atoms with Gasteiger partial charge in [0.1, 0.15) is 7.85 Å². The molecule has 0 heterocycles. The van der Waals surface area contributed by atoms with E-state index in [1.54, 1.807) is 0 Å². The summed E-state index contributed by atoms with van der Waals surface area (Å²) in [6.45, 7) is 0. The maximum atomic E-state index is 9.96. The van der Waals surface area contributed by atoms with Crippen LogP contribution in [0.5, 0.6) is 0 Å². The van der Waals surface area contributed by atoms with Gasteiger partial charge in [0, 0.05) is 6.21 Å². The third-order valence-electron chi connectivity index (χ3n) is 0.548. The number of carbonyl (C=O) groups is 1. The number of hydrogen-bond donors (Lipinski definition) is 3. The van der Waals surface area contributed by atoms with Crippen molar-refractivity contribution in [3.63, 3.8) is 0 Å². The summed E-state index contributed by atoms with van der Waals surface area (Å²) in [5.74, 6) is 0. The summed E-state index contributed by atoms with van der Waals surface area (Å²) in [4.78, 5) is 9.96. The minimum absolute atomic E-state index is 0.147. The van der Waals surface area contributed by atoms with Crippen LogP contribution in [0.25, 0.3) is 0 Å². The number of hydrogen-bond acceptors (Lipinski definition) is 2. The maximum Gasteiger partial charge on any atom is 0.316 e. The molecule has 0 atom stereocenters. The highest BCUT2D eigenvalue weighted by Crippen LogP contribution is 1.74. The molecule has 0 unspecified atom stereocenters. The van der Waals surface area contributed by atoms with Crippen molar-refractivity contribution in [1.82, 2.24) is 5.32 Å². The number of rotatable bonds is 2. The largest absolute Gasteiger partial charge is 0.351 e. The highest BCUT2D eigenvalue weighted by Gasteiger charge is 1.83. The van der Waals surface area contributed by atoms with Crippen molar-refractivity contribution in [3.05, 3.63) is 11.7 Å². The van der Waals surface area contributed by atoms with Crippen molar-refractivity contribution >= 4 is 20.1 Å².